The SMILES string of the molecule is CCCCNC(=O)c1csc(CN(CCCC)S(=O)(=O)c2c(C)cc(C)cc2C)n1. The van der Waals surface area contributed by atoms with Gasteiger partial charge in [0.05, 0.1) is 11.4 Å². The average Bonchev–Trinajstić information content (AvgIpc) is 3.12. The van der Waals surface area contributed by atoms with Crippen molar-refractivity contribution >= 4 is 27.3 Å². The lowest BCUT2D eigenvalue weighted by Crippen LogP contribution is -2.32. The highest BCUT2D eigenvalue weighted by atomic mass is 32.2. The molecule has 0 bridgehead atoms. The van der Waals surface area contributed by atoms with Crippen molar-refractivity contribution in [3.8, 4) is 0 Å². The van der Waals surface area contributed by atoms with Crippen molar-refractivity contribution < 1.29 is 13.2 Å². The third-order valence-electron chi connectivity index (χ3n) is 4.88. The van der Waals surface area contributed by atoms with Gasteiger partial charge in [0, 0.05) is 18.5 Å². The highest BCUT2D eigenvalue weighted by molar-refractivity contribution is 7.89. The van der Waals surface area contributed by atoms with E-state index in [2.05, 4.69) is 17.2 Å². The van der Waals surface area contributed by atoms with Crippen molar-refractivity contribution in [3.63, 3.8) is 0 Å². The summed E-state index contributed by atoms with van der Waals surface area (Å²) in [4.78, 5) is 17.0. The monoisotopic (exact) mass is 451 g/mol. The molecule has 2 aromatic rings. The van der Waals surface area contributed by atoms with Crippen molar-refractivity contribution in [2.24, 2.45) is 0 Å². The minimum absolute atomic E-state index is 0.169. The van der Waals surface area contributed by atoms with E-state index in [-0.39, 0.29) is 12.5 Å². The Balaban J connectivity index is 2.28. The molecule has 0 saturated carbocycles. The quantitative estimate of drug-likeness (QED) is 0.507. The van der Waals surface area contributed by atoms with Gasteiger partial charge < -0.3 is 5.32 Å². The molecule has 0 aliphatic heterocycles. The number of amides is 1. The second kappa shape index (κ2) is 11.0. The first-order valence-corrected chi connectivity index (χ1v) is 12.8. The van der Waals surface area contributed by atoms with Crippen LogP contribution in [0.2, 0.25) is 0 Å². The van der Waals surface area contributed by atoms with Crippen LogP contribution in [0.4, 0.5) is 0 Å². The van der Waals surface area contributed by atoms with Crippen LogP contribution in [0.5, 0.6) is 0 Å². The van der Waals surface area contributed by atoms with Crippen LogP contribution in [0, 0.1) is 20.8 Å². The van der Waals surface area contributed by atoms with Crippen LogP contribution in [0.15, 0.2) is 22.4 Å². The molecule has 0 fully saturated rings. The van der Waals surface area contributed by atoms with Gasteiger partial charge in [0.25, 0.3) is 5.91 Å². The van der Waals surface area contributed by atoms with E-state index in [9.17, 15) is 13.2 Å². The Morgan fingerprint density at radius 1 is 1.10 bits per heavy atom. The van der Waals surface area contributed by atoms with Crippen molar-refractivity contribution in [1.82, 2.24) is 14.6 Å². The number of hydrogen-bond donors (Lipinski definition) is 1. The van der Waals surface area contributed by atoms with Gasteiger partial charge in [-0.05, 0) is 44.7 Å². The Hall–Kier alpha value is -1.77. The molecule has 6 nitrogen and oxygen atoms in total. The summed E-state index contributed by atoms with van der Waals surface area (Å²) >= 11 is 1.32. The third kappa shape index (κ3) is 6.12. The van der Waals surface area contributed by atoms with Crippen LogP contribution in [-0.2, 0) is 16.6 Å². The summed E-state index contributed by atoms with van der Waals surface area (Å²) in [6, 6.07) is 3.81. The standard InChI is InChI=1S/C22H33N3O3S2/c1-6-8-10-23-22(26)19-15-29-20(24-19)14-25(11-9-7-2)30(27,28)21-17(4)12-16(3)13-18(21)5/h12-13,15H,6-11,14H2,1-5H3,(H,23,26). The van der Waals surface area contributed by atoms with Gasteiger partial charge in [-0.1, -0.05) is 44.4 Å². The molecule has 1 amide bonds. The summed E-state index contributed by atoms with van der Waals surface area (Å²) in [5, 5.41) is 5.17. The number of nitrogens with one attached hydrogen (secondary N) is 1. The average molecular weight is 452 g/mol. The first-order chi connectivity index (χ1) is 14.2. The molecule has 1 aromatic carbocycles. The molecular weight excluding hydrogens is 418 g/mol. The van der Waals surface area contributed by atoms with E-state index in [1.807, 2.05) is 39.8 Å². The molecule has 1 N–H and O–H groups in total. The zero-order chi connectivity index (χ0) is 22.3. The lowest BCUT2D eigenvalue weighted by Gasteiger charge is -2.23. The Labute approximate surface area is 184 Å². The van der Waals surface area contributed by atoms with Gasteiger partial charge in [-0.25, -0.2) is 13.4 Å². The summed E-state index contributed by atoms with van der Waals surface area (Å²) in [6.45, 7) is 11.0. The van der Waals surface area contributed by atoms with Crippen LogP contribution < -0.4 is 5.32 Å². The number of aryl methyl sites for hydroxylation is 3. The number of rotatable bonds is 11. The van der Waals surface area contributed by atoms with Gasteiger partial charge >= 0.3 is 0 Å². The van der Waals surface area contributed by atoms with E-state index in [1.54, 1.807) is 5.38 Å². The minimum atomic E-state index is -3.68. The van der Waals surface area contributed by atoms with E-state index < -0.39 is 10.0 Å². The largest absolute Gasteiger partial charge is 0.351 e. The molecule has 30 heavy (non-hydrogen) atoms. The zero-order valence-corrected chi connectivity index (χ0v) is 20.3. The Kier molecular flexibility index (Phi) is 9.00. The smallest absolute Gasteiger partial charge is 0.270 e. The molecule has 0 unspecified atom stereocenters. The number of thiazole rings is 1. The first kappa shape index (κ1) is 24.5. The summed E-state index contributed by atoms with van der Waals surface area (Å²) in [6.07, 6.45) is 3.57. The first-order valence-electron chi connectivity index (χ1n) is 10.5. The summed E-state index contributed by atoms with van der Waals surface area (Å²) in [5.41, 5.74) is 2.90. The molecule has 0 aliphatic rings. The highest BCUT2D eigenvalue weighted by Crippen LogP contribution is 2.27. The van der Waals surface area contributed by atoms with Gasteiger partial charge in [0.2, 0.25) is 10.0 Å². The normalized spacial score (nSPS) is 11.8. The fourth-order valence-corrected chi connectivity index (χ4v) is 6.15. The second-order valence-electron chi connectivity index (χ2n) is 7.66. The maximum absolute atomic E-state index is 13.5. The maximum atomic E-state index is 13.5. The van der Waals surface area contributed by atoms with Gasteiger partial charge in [-0.3, -0.25) is 4.79 Å². The molecule has 1 heterocycles. The Morgan fingerprint density at radius 3 is 2.33 bits per heavy atom. The van der Waals surface area contributed by atoms with Crippen molar-refractivity contribution in [1.29, 1.82) is 0 Å². The molecular formula is C22H33N3O3S2. The van der Waals surface area contributed by atoms with E-state index in [4.69, 9.17) is 0 Å². The van der Waals surface area contributed by atoms with Crippen molar-refractivity contribution in [2.75, 3.05) is 13.1 Å². The maximum Gasteiger partial charge on any atom is 0.270 e. The van der Waals surface area contributed by atoms with E-state index in [0.29, 0.717) is 28.7 Å². The summed E-state index contributed by atoms with van der Waals surface area (Å²) < 4.78 is 28.6. The lowest BCUT2D eigenvalue weighted by atomic mass is 10.1. The van der Waals surface area contributed by atoms with Crippen LogP contribution >= 0.6 is 11.3 Å². The molecule has 0 spiro atoms. The van der Waals surface area contributed by atoms with E-state index in [0.717, 1.165) is 42.4 Å². The predicted molar refractivity (Wildman–Crippen MR) is 123 cm³/mol. The van der Waals surface area contributed by atoms with Crippen LogP contribution in [-0.4, -0.2) is 36.7 Å². The topological polar surface area (TPSA) is 79.4 Å². The van der Waals surface area contributed by atoms with Crippen LogP contribution in [0.3, 0.4) is 0 Å². The number of hydrogen-bond acceptors (Lipinski definition) is 5. The third-order valence-corrected chi connectivity index (χ3v) is 7.86. The lowest BCUT2D eigenvalue weighted by molar-refractivity contribution is 0.0948. The molecule has 2 rings (SSSR count). The number of carbonyl (C=O) groups is 1. The Bertz CT molecular complexity index is 945. The van der Waals surface area contributed by atoms with Crippen molar-refractivity contribution in [2.45, 2.75) is 71.7 Å². The molecule has 1 aromatic heterocycles. The number of aromatic nitrogens is 1. The molecule has 166 valence electrons. The zero-order valence-electron chi connectivity index (χ0n) is 18.6. The van der Waals surface area contributed by atoms with Gasteiger partial charge in [-0.2, -0.15) is 4.31 Å². The highest BCUT2D eigenvalue weighted by Gasteiger charge is 2.28. The Morgan fingerprint density at radius 2 is 1.73 bits per heavy atom. The van der Waals surface area contributed by atoms with E-state index in [1.165, 1.54) is 15.6 Å². The number of benzene rings is 1. The van der Waals surface area contributed by atoms with Crippen LogP contribution in [0.25, 0.3) is 0 Å². The summed E-state index contributed by atoms with van der Waals surface area (Å²) in [5.74, 6) is -0.209. The molecule has 0 aliphatic carbocycles. The number of nitrogens with zero attached hydrogens (tertiary/aromatic N) is 2. The molecule has 0 radical (unpaired) electrons. The fraction of sp³-hybridized carbons (Fsp3) is 0.545. The van der Waals surface area contributed by atoms with Gasteiger partial charge in [0.15, 0.2) is 0 Å². The minimum Gasteiger partial charge on any atom is -0.351 e. The summed E-state index contributed by atoms with van der Waals surface area (Å²) in [7, 11) is -3.68. The van der Waals surface area contributed by atoms with Gasteiger partial charge in [-0.15, -0.1) is 11.3 Å². The number of sulfonamides is 1. The number of carbonyl (C=O) groups excluding carboxylic acids is 1. The second-order valence-corrected chi connectivity index (χ2v) is 10.5. The predicted octanol–water partition coefficient (Wildman–Crippen LogP) is 4.59. The fourth-order valence-electron chi connectivity index (χ4n) is 3.43. The molecule has 8 heteroatoms. The van der Waals surface area contributed by atoms with E-state index >= 15 is 0 Å². The van der Waals surface area contributed by atoms with Gasteiger partial charge in [0.1, 0.15) is 10.7 Å². The molecule has 0 atom stereocenters. The number of unbranched alkanes of at least 4 members (excludes halogenated alkanes) is 2. The van der Waals surface area contributed by atoms with Crippen molar-refractivity contribution in [3.05, 3.63) is 44.9 Å². The van der Waals surface area contributed by atoms with Crippen LogP contribution in [0.1, 0.15) is 71.7 Å². The molecule has 0 saturated heterocycles.